The Morgan fingerprint density at radius 3 is 2.50 bits per heavy atom. The molecule has 0 aliphatic rings. The Hall–Kier alpha value is -2.39. The molecule has 132 valence electrons. The molecule has 1 aromatic heterocycles. The molecule has 1 unspecified atom stereocenters. The van der Waals surface area contributed by atoms with Crippen molar-refractivity contribution in [3.05, 3.63) is 28.1 Å². The summed E-state index contributed by atoms with van der Waals surface area (Å²) in [6.07, 6.45) is 0.543. The zero-order valence-corrected chi connectivity index (χ0v) is 14.5. The molecule has 0 aliphatic heterocycles. The molecule has 0 spiro atoms. The molecule has 0 saturated carbocycles. The number of benzene rings is 1. The Balaban J connectivity index is 0.00000288. The molecular formula is C14H19ClN4O5. The maximum atomic E-state index is 11.3. The summed E-state index contributed by atoms with van der Waals surface area (Å²) in [4.78, 5) is 15.0. The van der Waals surface area contributed by atoms with E-state index < -0.39 is 4.92 Å². The average molecular weight is 359 g/mol. The van der Waals surface area contributed by atoms with E-state index in [-0.39, 0.29) is 41.3 Å². The van der Waals surface area contributed by atoms with E-state index in [1.165, 1.54) is 26.4 Å². The van der Waals surface area contributed by atoms with Gasteiger partial charge in [0, 0.05) is 18.5 Å². The first-order chi connectivity index (χ1) is 11.0. The lowest BCUT2D eigenvalue weighted by atomic mass is 10.1. The van der Waals surface area contributed by atoms with E-state index in [2.05, 4.69) is 15.5 Å². The third kappa shape index (κ3) is 4.12. The number of nitrogens with zero attached hydrogens (tertiary/aromatic N) is 3. The normalized spacial score (nSPS) is 11.5. The molecule has 10 heteroatoms. The van der Waals surface area contributed by atoms with Gasteiger partial charge < -0.3 is 19.3 Å². The molecular weight excluding hydrogens is 340 g/mol. The fourth-order valence-corrected chi connectivity index (χ4v) is 2.01. The summed E-state index contributed by atoms with van der Waals surface area (Å²) in [5.41, 5.74) is -0.0111. The first kappa shape index (κ1) is 19.7. The summed E-state index contributed by atoms with van der Waals surface area (Å²) in [5.74, 6) is 1.13. The fourth-order valence-electron chi connectivity index (χ4n) is 2.01. The van der Waals surface area contributed by atoms with Crippen LogP contribution in [0, 0.1) is 10.1 Å². The third-order valence-corrected chi connectivity index (χ3v) is 3.38. The number of rotatable bonds is 7. The van der Waals surface area contributed by atoms with Crippen molar-refractivity contribution in [2.24, 2.45) is 0 Å². The van der Waals surface area contributed by atoms with Crippen LogP contribution in [0.2, 0.25) is 0 Å². The number of likely N-dealkylation sites (N-methyl/N-ethyl adjacent to an activating group) is 1. The lowest BCUT2D eigenvalue weighted by Crippen LogP contribution is -2.24. The first-order valence-corrected chi connectivity index (χ1v) is 6.90. The number of aromatic nitrogens is 2. The zero-order chi connectivity index (χ0) is 17.0. The summed E-state index contributed by atoms with van der Waals surface area (Å²) in [6.45, 7) is 1.97. The van der Waals surface area contributed by atoms with Gasteiger partial charge in [0.25, 0.3) is 11.6 Å². The Morgan fingerprint density at radius 2 is 1.96 bits per heavy atom. The third-order valence-electron chi connectivity index (χ3n) is 3.38. The van der Waals surface area contributed by atoms with Gasteiger partial charge in [-0.2, -0.15) is 4.98 Å². The predicted molar refractivity (Wildman–Crippen MR) is 89.0 cm³/mol. The summed E-state index contributed by atoms with van der Waals surface area (Å²) in [7, 11) is 4.68. The van der Waals surface area contributed by atoms with Gasteiger partial charge in [-0.3, -0.25) is 10.1 Å². The van der Waals surface area contributed by atoms with Crippen LogP contribution < -0.4 is 14.8 Å². The highest BCUT2D eigenvalue weighted by molar-refractivity contribution is 5.85. The van der Waals surface area contributed by atoms with Crippen LogP contribution in [0.25, 0.3) is 11.5 Å². The van der Waals surface area contributed by atoms with Gasteiger partial charge in [-0.05, 0) is 14.0 Å². The molecule has 24 heavy (non-hydrogen) atoms. The van der Waals surface area contributed by atoms with Gasteiger partial charge in [-0.1, -0.05) is 5.16 Å². The standard InChI is InChI=1S/C14H18N4O5.ClH/c1-8(15-2)5-13-16-14(23-17-13)9-6-11(21-3)12(22-4)7-10(9)18(19)20;/h6-8,15H,5H2,1-4H3;1H. The van der Waals surface area contributed by atoms with Crippen LogP contribution in [0.4, 0.5) is 5.69 Å². The van der Waals surface area contributed by atoms with Crippen LogP contribution in [0.5, 0.6) is 11.5 Å². The van der Waals surface area contributed by atoms with Crippen molar-refractivity contribution in [2.45, 2.75) is 19.4 Å². The molecule has 1 heterocycles. The molecule has 0 bridgehead atoms. The fraction of sp³-hybridized carbons (Fsp3) is 0.429. The zero-order valence-electron chi connectivity index (χ0n) is 13.7. The van der Waals surface area contributed by atoms with Crippen molar-refractivity contribution in [1.82, 2.24) is 15.5 Å². The number of ether oxygens (including phenoxy) is 2. The molecule has 0 saturated heterocycles. The van der Waals surface area contributed by atoms with E-state index in [1.807, 2.05) is 14.0 Å². The molecule has 9 nitrogen and oxygen atoms in total. The summed E-state index contributed by atoms with van der Waals surface area (Å²) < 4.78 is 15.4. The minimum absolute atomic E-state index is 0. The lowest BCUT2D eigenvalue weighted by molar-refractivity contribution is -0.384. The number of hydrogen-bond donors (Lipinski definition) is 1. The van der Waals surface area contributed by atoms with Crippen molar-refractivity contribution in [2.75, 3.05) is 21.3 Å². The van der Waals surface area contributed by atoms with Crippen LogP contribution in [-0.4, -0.2) is 42.4 Å². The molecule has 0 fully saturated rings. The number of hydrogen-bond acceptors (Lipinski definition) is 8. The lowest BCUT2D eigenvalue weighted by Gasteiger charge is -2.08. The molecule has 2 aromatic rings. The number of nitrogens with one attached hydrogen (secondary N) is 1. The molecule has 1 N–H and O–H groups in total. The second-order valence-corrected chi connectivity index (χ2v) is 4.89. The first-order valence-electron chi connectivity index (χ1n) is 6.90. The number of halogens is 1. The summed E-state index contributed by atoms with van der Waals surface area (Å²) in [5, 5.41) is 18.2. The Labute approximate surface area is 144 Å². The van der Waals surface area contributed by atoms with E-state index >= 15 is 0 Å². The van der Waals surface area contributed by atoms with Gasteiger partial charge in [0.15, 0.2) is 17.3 Å². The van der Waals surface area contributed by atoms with Crippen molar-refractivity contribution in [3.8, 4) is 23.0 Å². The highest BCUT2D eigenvalue weighted by atomic mass is 35.5. The molecule has 1 aromatic carbocycles. The monoisotopic (exact) mass is 358 g/mol. The molecule has 0 amide bonds. The largest absolute Gasteiger partial charge is 0.493 e. The Morgan fingerprint density at radius 1 is 1.33 bits per heavy atom. The second-order valence-electron chi connectivity index (χ2n) is 4.89. The van der Waals surface area contributed by atoms with Gasteiger partial charge in [0.05, 0.1) is 25.2 Å². The van der Waals surface area contributed by atoms with Crippen molar-refractivity contribution in [3.63, 3.8) is 0 Å². The minimum atomic E-state index is -0.530. The highest BCUT2D eigenvalue weighted by Gasteiger charge is 2.25. The van der Waals surface area contributed by atoms with E-state index in [0.717, 1.165) is 0 Å². The Bertz CT molecular complexity index is 706. The number of nitro benzene ring substituents is 1. The van der Waals surface area contributed by atoms with Gasteiger partial charge >= 0.3 is 0 Å². The smallest absolute Gasteiger partial charge is 0.286 e. The molecule has 0 aliphatic carbocycles. The van der Waals surface area contributed by atoms with Crippen LogP contribution >= 0.6 is 12.4 Å². The quantitative estimate of drug-likeness (QED) is 0.592. The van der Waals surface area contributed by atoms with Crippen LogP contribution in [0.15, 0.2) is 16.7 Å². The van der Waals surface area contributed by atoms with Crippen LogP contribution in [0.3, 0.4) is 0 Å². The summed E-state index contributed by atoms with van der Waals surface area (Å²) in [6, 6.07) is 2.88. The van der Waals surface area contributed by atoms with Crippen LogP contribution in [0.1, 0.15) is 12.7 Å². The van der Waals surface area contributed by atoms with Gasteiger partial charge in [0.2, 0.25) is 0 Å². The van der Waals surface area contributed by atoms with Crippen molar-refractivity contribution < 1.29 is 18.9 Å². The maximum Gasteiger partial charge on any atom is 0.286 e. The van der Waals surface area contributed by atoms with E-state index in [9.17, 15) is 10.1 Å². The maximum absolute atomic E-state index is 11.3. The topological polar surface area (TPSA) is 113 Å². The molecule has 1 atom stereocenters. The van der Waals surface area contributed by atoms with Crippen molar-refractivity contribution >= 4 is 18.1 Å². The van der Waals surface area contributed by atoms with E-state index in [0.29, 0.717) is 18.0 Å². The van der Waals surface area contributed by atoms with Gasteiger partial charge in [0.1, 0.15) is 5.56 Å². The van der Waals surface area contributed by atoms with Gasteiger partial charge in [-0.25, -0.2) is 0 Å². The predicted octanol–water partition coefficient (Wildman–Crippen LogP) is 2.23. The second kappa shape index (κ2) is 8.46. The van der Waals surface area contributed by atoms with E-state index in [4.69, 9.17) is 14.0 Å². The highest BCUT2D eigenvalue weighted by Crippen LogP contribution is 2.39. The Kier molecular flexibility index (Phi) is 6.93. The van der Waals surface area contributed by atoms with Crippen molar-refractivity contribution in [1.29, 1.82) is 0 Å². The number of nitro groups is 1. The number of methoxy groups -OCH3 is 2. The average Bonchev–Trinajstić information content (AvgIpc) is 3.01. The van der Waals surface area contributed by atoms with Gasteiger partial charge in [-0.15, -0.1) is 12.4 Å². The summed E-state index contributed by atoms with van der Waals surface area (Å²) >= 11 is 0. The van der Waals surface area contributed by atoms with E-state index in [1.54, 1.807) is 0 Å². The molecule has 0 radical (unpaired) electrons. The van der Waals surface area contributed by atoms with Crippen LogP contribution in [-0.2, 0) is 6.42 Å². The minimum Gasteiger partial charge on any atom is -0.493 e. The molecule has 2 rings (SSSR count). The SMILES string of the molecule is CNC(C)Cc1noc(-c2cc(OC)c(OC)cc2[N+](=O)[O-])n1.Cl.